The van der Waals surface area contributed by atoms with Crippen LogP contribution in [0.3, 0.4) is 0 Å². The van der Waals surface area contributed by atoms with Crippen LogP contribution in [0, 0.1) is 20.8 Å². The Balaban J connectivity index is 1.76. The Morgan fingerprint density at radius 1 is 0.926 bits per heavy atom. The van der Waals surface area contributed by atoms with Gasteiger partial charge < -0.3 is 10.2 Å². The molecule has 140 valence electrons. The van der Waals surface area contributed by atoms with Crippen molar-refractivity contribution in [1.29, 1.82) is 0 Å². The van der Waals surface area contributed by atoms with Crippen molar-refractivity contribution >= 4 is 34.5 Å². The summed E-state index contributed by atoms with van der Waals surface area (Å²) < 4.78 is 0. The van der Waals surface area contributed by atoms with E-state index < -0.39 is 0 Å². The molecule has 1 heterocycles. The van der Waals surface area contributed by atoms with E-state index in [0.717, 1.165) is 30.1 Å². The monoisotopic (exact) mass is 377 g/mol. The fraction of sp³-hybridized carbons (Fsp3) is 0.391. The molecule has 2 aromatic rings. The van der Waals surface area contributed by atoms with E-state index in [1.54, 1.807) is 0 Å². The molecule has 1 N–H and O–H groups in total. The Morgan fingerprint density at radius 2 is 1.56 bits per heavy atom. The van der Waals surface area contributed by atoms with Gasteiger partial charge in [-0.2, -0.15) is 0 Å². The lowest BCUT2D eigenvalue weighted by molar-refractivity contribution is 0.386. The fourth-order valence-electron chi connectivity index (χ4n) is 4.46. The Morgan fingerprint density at radius 3 is 2.19 bits per heavy atom. The van der Waals surface area contributed by atoms with Crippen LogP contribution in [-0.2, 0) is 0 Å². The van der Waals surface area contributed by atoms with Crippen molar-refractivity contribution in [2.75, 3.05) is 10.2 Å². The van der Waals surface area contributed by atoms with Crippen LogP contribution in [-0.4, -0.2) is 16.5 Å². The van der Waals surface area contributed by atoms with Crippen LogP contribution in [0.5, 0.6) is 0 Å². The van der Waals surface area contributed by atoms with Crippen LogP contribution >= 0.6 is 12.2 Å². The van der Waals surface area contributed by atoms with Gasteiger partial charge in [-0.25, -0.2) is 4.99 Å². The van der Waals surface area contributed by atoms with Gasteiger partial charge in [-0.3, -0.25) is 0 Å². The SMILES string of the molecule is Cc1ccc(N2C(=S)N=C(Nc3c(C)cccc3C)C23CCCCC3)cc1. The topological polar surface area (TPSA) is 27.6 Å². The molecule has 0 saturated heterocycles. The second-order valence-electron chi connectivity index (χ2n) is 7.90. The average molecular weight is 378 g/mol. The minimum absolute atomic E-state index is 0.153. The molecule has 3 nitrogen and oxygen atoms in total. The number of rotatable bonds is 2. The van der Waals surface area contributed by atoms with Crippen LogP contribution in [0.1, 0.15) is 48.8 Å². The Hall–Kier alpha value is -2.20. The van der Waals surface area contributed by atoms with Gasteiger partial charge in [0.05, 0.1) is 0 Å². The Bertz CT molecular complexity index is 872. The van der Waals surface area contributed by atoms with Crippen LogP contribution in [0.4, 0.5) is 11.4 Å². The maximum atomic E-state index is 5.77. The predicted octanol–water partition coefficient (Wildman–Crippen LogP) is 5.93. The summed E-state index contributed by atoms with van der Waals surface area (Å²) in [7, 11) is 0. The lowest BCUT2D eigenvalue weighted by Crippen LogP contribution is -2.55. The molecule has 1 fully saturated rings. The molecule has 2 aliphatic rings. The standard InChI is InChI=1S/C23H27N3S/c1-16-10-12-19(13-11-16)26-22(27)25-21(23(26)14-5-4-6-15-23)24-20-17(2)8-7-9-18(20)3/h7-13H,4-6,14-15H2,1-3H3,(H,24,25,27). The zero-order valence-corrected chi connectivity index (χ0v) is 17.2. The number of benzene rings is 2. The van der Waals surface area contributed by atoms with Gasteiger partial charge in [-0.15, -0.1) is 0 Å². The minimum atomic E-state index is -0.153. The number of anilines is 2. The predicted molar refractivity (Wildman–Crippen MR) is 119 cm³/mol. The lowest BCUT2D eigenvalue weighted by Gasteiger charge is -2.43. The van der Waals surface area contributed by atoms with Crippen molar-refractivity contribution in [3.63, 3.8) is 0 Å². The number of nitrogens with zero attached hydrogens (tertiary/aromatic N) is 2. The molecule has 1 saturated carbocycles. The third-order valence-corrected chi connectivity index (χ3v) is 6.24. The second kappa shape index (κ2) is 7.08. The largest absolute Gasteiger partial charge is 0.341 e. The van der Waals surface area contributed by atoms with Crippen LogP contribution < -0.4 is 10.2 Å². The molecule has 0 aromatic heterocycles. The van der Waals surface area contributed by atoms with Crippen LogP contribution in [0.2, 0.25) is 0 Å². The van der Waals surface area contributed by atoms with E-state index in [9.17, 15) is 0 Å². The van der Waals surface area contributed by atoms with E-state index in [-0.39, 0.29) is 5.54 Å². The Kier molecular flexibility index (Phi) is 4.77. The molecular formula is C23H27N3S. The molecule has 0 radical (unpaired) electrons. The maximum Gasteiger partial charge on any atom is 0.202 e. The molecule has 4 rings (SSSR count). The zero-order valence-electron chi connectivity index (χ0n) is 16.4. The van der Waals surface area contributed by atoms with Crippen molar-refractivity contribution in [2.24, 2.45) is 4.99 Å². The number of hydrogen-bond donors (Lipinski definition) is 1. The zero-order chi connectivity index (χ0) is 19.0. The highest BCUT2D eigenvalue weighted by Crippen LogP contribution is 2.42. The molecule has 1 aliphatic carbocycles. The molecule has 0 unspecified atom stereocenters. The van der Waals surface area contributed by atoms with E-state index >= 15 is 0 Å². The molecule has 27 heavy (non-hydrogen) atoms. The summed E-state index contributed by atoms with van der Waals surface area (Å²) in [6.45, 7) is 6.41. The van der Waals surface area contributed by atoms with Crippen LogP contribution in [0.25, 0.3) is 0 Å². The summed E-state index contributed by atoms with van der Waals surface area (Å²) in [5, 5.41) is 4.38. The molecule has 4 heteroatoms. The first kappa shape index (κ1) is 18.2. The average Bonchev–Trinajstić information content (AvgIpc) is 2.91. The minimum Gasteiger partial charge on any atom is -0.341 e. The quantitative estimate of drug-likeness (QED) is 0.657. The van der Waals surface area contributed by atoms with Crippen molar-refractivity contribution in [2.45, 2.75) is 58.4 Å². The number of aryl methyl sites for hydroxylation is 3. The lowest BCUT2D eigenvalue weighted by atomic mass is 9.79. The number of hydrogen-bond acceptors (Lipinski definition) is 2. The van der Waals surface area contributed by atoms with Crippen molar-refractivity contribution < 1.29 is 0 Å². The Labute approximate surface area is 167 Å². The first-order chi connectivity index (χ1) is 13.0. The van der Waals surface area contributed by atoms with Gasteiger partial charge in [-0.1, -0.05) is 55.2 Å². The van der Waals surface area contributed by atoms with E-state index in [1.165, 1.54) is 36.0 Å². The highest BCUT2D eigenvalue weighted by Gasteiger charge is 2.49. The van der Waals surface area contributed by atoms with Gasteiger partial charge in [0.2, 0.25) is 5.11 Å². The van der Waals surface area contributed by atoms with Crippen molar-refractivity contribution in [1.82, 2.24) is 0 Å². The van der Waals surface area contributed by atoms with Crippen LogP contribution in [0.15, 0.2) is 47.5 Å². The third kappa shape index (κ3) is 3.16. The molecule has 2 aromatic carbocycles. The van der Waals surface area contributed by atoms with Crippen molar-refractivity contribution in [3.05, 3.63) is 59.2 Å². The normalized spacial score (nSPS) is 18.7. The van der Waals surface area contributed by atoms with E-state index in [2.05, 4.69) is 73.5 Å². The van der Waals surface area contributed by atoms with E-state index in [1.807, 2.05) is 0 Å². The summed E-state index contributed by atoms with van der Waals surface area (Å²) >= 11 is 5.77. The summed E-state index contributed by atoms with van der Waals surface area (Å²) in [5.41, 5.74) is 5.90. The van der Waals surface area contributed by atoms with E-state index in [0.29, 0.717) is 5.11 Å². The van der Waals surface area contributed by atoms with Gasteiger partial charge in [0, 0.05) is 11.4 Å². The highest BCUT2D eigenvalue weighted by molar-refractivity contribution is 7.80. The summed E-state index contributed by atoms with van der Waals surface area (Å²) in [6, 6.07) is 15.1. The van der Waals surface area contributed by atoms with E-state index in [4.69, 9.17) is 17.2 Å². The number of nitrogens with one attached hydrogen (secondary N) is 1. The smallest absolute Gasteiger partial charge is 0.202 e. The van der Waals surface area contributed by atoms with Gasteiger partial charge in [0.15, 0.2) is 0 Å². The summed E-state index contributed by atoms with van der Waals surface area (Å²) in [5.74, 6) is 1.02. The molecule has 0 bridgehead atoms. The first-order valence-electron chi connectivity index (χ1n) is 9.84. The van der Waals surface area contributed by atoms with Gasteiger partial charge in [-0.05, 0) is 69.1 Å². The fourth-order valence-corrected chi connectivity index (χ4v) is 4.83. The molecule has 0 amide bonds. The maximum absolute atomic E-state index is 5.77. The van der Waals surface area contributed by atoms with Gasteiger partial charge in [0.25, 0.3) is 0 Å². The first-order valence-corrected chi connectivity index (χ1v) is 10.3. The number of thiocarbonyl (C=S) groups is 1. The molecule has 1 aliphatic heterocycles. The molecular weight excluding hydrogens is 350 g/mol. The number of para-hydroxylation sites is 1. The van der Waals surface area contributed by atoms with Crippen molar-refractivity contribution in [3.8, 4) is 0 Å². The molecule has 0 atom stereocenters. The number of amidine groups is 1. The van der Waals surface area contributed by atoms with Gasteiger partial charge >= 0.3 is 0 Å². The number of aliphatic imine (C=N–C) groups is 1. The summed E-state index contributed by atoms with van der Waals surface area (Å²) in [6.07, 6.45) is 5.86. The van der Waals surface area contributed by atoms with Gasteiger partial charge in [0.1, 0.15) is 11.4 Å². The summed E-state index contributed by atoms with van der Waals surface area (Å²) in [4.78, 5) is 7.19. The third-order valence-electron chi connectivity index (χ3n) is 5.96. The molecule has 1 spiro atoms. The highest BCUT2D eigenvalue weighted by atomic mass is 32.1. The second-order valence-corrected chi connectivity index (χ2v) is 8.26.